The number of aryl methyl sites for hydroxylation is 2. The zero-order chi connectivity index (χ0) is 19.4. The van der Waals surface area contributed by atoms with E-state index in [9.17, 15) is 4.79 Å². The number of esters is 1. The SMILES string of the molecule is COC(=O)c1ccnc2ccc(C)cc12.Cc1ccc2nccc(Br)c2c1. The molecular weight excluding hydrogens is 404 g/mol. The Labute approximate surface area is 166 Å². The van der Waals surface area contributed by atoms with Gasteiger partial charge < -0.3 is 4.74 Å². The number of benzene rings is 2. The van der Waals surface area contributed by atoms with E-state index in [0.29, 0.717) is 5.56 Å². The van der Waals surface area contributed by atoms with Crippen LogP contribution in [0.5, 0.6) is 0 Å². The molecule has 0 aliphatic heterocycles. The summed E-state index contributed by atoms with van der Waals surface area (Å²) in [6.07, 6.45) is 3.42. The van der Waals surface area contributed by atoms with E-state index in [-0.39, 0.29) is 5.97 Å². The number of halogens is 1. The predicted molar refractivity (Wildman–Crippen MR) is 112 cm³/mol. The van der Waals surface area contributed by atoms with Crippen molar-refractivity contribution in [2.75, 3.05) is 7.11 Å². The van der Waals surface area contributed by atoms with Gasteiger partial charge in [0.05, 0.1) is 23.7 Å². The normalized spacial score (nSPS) is 10.4. The molecule has 0 spiro atoms. The van der Waals surface area contributed by atoms with Gasteiger partial charge in [-0.25, -0.2) is 4.79 Å². The number of carbonyl (C=O) groups is 1. The summed E-state index contributed by atoms with van der Waals surface area (Å²) in [5.74, 6) is -0.326. The van der Waals surface area contributed by atoms with Crippen LogP contribution in [0.2, 0.25) is 0 Å². The summed E-state index contributed by atoms with van der Waals surface area (Å²) in [6.45, 7) is 4.06. The monoisotopic (exact) mass is 422 g/mol. The van der Waals surface area contributed by atoms with Gasteiger partial charge in [-0.3, -0.25) is 9.97 Å². The van der Waals surface area contributed by atoms with Crippen molar-refractivity contribution >= 4 is 43.7 Å². The molecule has 2 aromatic carbocycles. The molecule has 0 fully saturated rings. The number of nitrogens with zero attached hydrogens (tertiary/aromatic N) is 2. The Morgan fingerprint density at radius 2 is 1.41 bits per heavy atom. The second kappa shape index (κ2) is 8.27. The Morgan fingerprint density at radius 3 is 2.04 bits per heavy atom. The lowest BCUT2D eigenvalue weighted by atomic mass is 10.1. The highest BCUT2D eigenvalue weighted by molar-refractivity contribution is 9.10. The standard InChI is InChI=1S/C12H11NO2.C10H8BrN/c1-8-3-4-11-10(7-8)9(5-6-13-11)12(14)15-2;1-7-2-3-10-8(6-7)9(11)4-5-12-10/h3-7H,1-2H3;2-6H,1H3. The van der Waals surface area contributed by atoms with E-state index in [4.69, 9.17) is 4.74 Å². The molecule has 0 N–H and O–H groups in total. The first kappa shape index (κ1) is 19.0. The summed E-state index contributed by atoms with van der Waals surface area (Å²) in [5.41, 5.74) is 4.77. The fraction of sp³-hybridized carbons (Fsp3) is 0.136. The minimum Gasteiger partial charge on any atom is -0.465 e. The molecule has 0 radical (unpaired) electrons. The molecule has 136 valence electrons. The third-order valence-corrected chi connectivity index (χ3v) is 4.84. The van der Waals surface area contributed by atoms with Crippen LogP contribution in [0.4, 0.5) is 0 Å². The Hall–Kier alpha value is -2.79. The maximum atomic E-state index is 11.5. The zero-order valence-corrected chi connectivity index (χ0v) is 16.9. The van der Waals surface area contributed by atoms with Crippen LogP contribution in [0, 0.1) is 13.8 Å². The average molecular weight is 423 g/mol. The fourth-order valence-corrected chi connectivity index (χ4v) is 3.21. The number of carbonyl (C=O) groups excluding carboxylic acids is 1. The van der Waals surface area contributed by atoms with E-state index in [1.807, 2.05) is 43.5 Å². The molecule has 0 atom stereocenters. The Balaban J connectivity index is 0.000000159. The van der Waals surface area contributed by atoms with E-state index >= 15 is 0 Å². The van der Waals surface area contributed by atoms with Crippen LogP contribution in [-0.4, -0.2) is 23.0 Å². The van der Waals surface area contributed by atoms with Crippen LogP contribution in [-0.2, 0) is 4.74 Å². The van der Waals surface area contributed by atoms with Crippen molar-refractivity contribution in [2.24, 2.45) is 0 Å². The van der Waals surface area contributed by atoms with Crippen LogP contribution in [0.25, 0.3) is 21.8 Å². The maximum absolute atomic E-state index is 11.5. The van der Waals surface area contributed by atoms with Gasteiger partial charge in [0.2, 0.25) is 0 Å². The molecule has 0 saturated carbocycles. The molecule has 2 aromatic heterocycles. The fourth-order valence-electron chi connectivity index (χ4n) is 2.77. The lowest BCUT2D eigenvalue weighted by molar-refractivity contribution is 0.0603. The molecule has 27 heavy (non-hydrogen) atoms. The van der Waals surface area contributed by atoms with Gasteiger partial charge in [0.1, 0.15) is 0 Å². The molecule has 0 bridgehead atoms. The number of pyridine rings is 2. The summed E-state index contributed by atoms with van der Waals surface area (Å²) < 4.78 is 5.83. The minimum atomic E-state index is -0.326. The third kappa shape index (κ3) is 4.31. The molecule has 5 heteroatoms. The van der Waals surface area contributed by atoms with E-state index in [1.54, 1.807) is 12.3 Å². The van der Waals surface area contributed by atoms with Gasteiger partial charge in [-0.15, -0.1) is 0 Å². The van der Waals surface area contributed by atoms with E-state index in [0.717, 1.165) is 26.5 Å². The average Bonchev–Trinajstić information content (AvgIpc) is 2.68. The van der Waals surface area contributed by atoms with Crippen LogP contribution in [0.3, 0.4) is 0 Å². The van der Waals surface area contributed by atoms with Crippen molar-refractivity contribution in [3.8, 4) is 0 Å². The van der Waals surface area contributed by atoms with E-state index < -0.39 is 0 Å². The summed E-state index contributed by atoms with van der Waals surface area (Å²) in [7, 11) is 1.38. The van der Waals surface area contributed by atoms with Gasteiger partial charge in [0.25, 0.3) is 0 Å². The van der Waals surface area contributed by atoms with Crippen LogP contribution >= 0.6 is 15.9 Å². The van der Waals surface area contributed by atoms with Crippen molar-refractivity contribution in [3.63, 3.8) is 0 Å². The highest BCUT2D eigenvalue weighted by Crippen LogP contribution is 2.22. The molecule has 0 amide bonds. The van der Waals surface area contributed by atoms with Gasteiger partial charge in [-0.1, -0.05) is 39.2 Å². The van der Waals surface area contributed by atoms with Gasteiger partial charge in [-0.05, 0) is 50.2 Å². The smallest absolute Gasteiger partial charge is 0.338 e. The number of fused-ring (bicyclic) bond motifs is 2. The summed E-state index contributed by atoms with van der Waals surface area (Å²) in [6, 6.07) is 15.7. The molecule has 4 nitrogen and oxygen atoms in total. The molecule has 0 saturated heterocycles. The predicted octanol–water partition coefficient (Wildman–Crippen LogP) is 5.64. The molecular formula is C22H19BrN2O2. The topological polar surface area (TPSA) is 52.1 Å². The zero-order valence-electron chi connectivity index (χ0n) is 15.4. The highest BCUT2D eigenvalue weighted by Gasteiger charge is 2.10. The van der Waals surface area contributed by atoms with Crippen LogP contribution < -0.4 is 0 Å². The second-order valence-corrected chi connectivity index (χ2v) is 7.04. The number of rotatable bonds is 1. The summed E-state index contributed by atoms with van der Waals surface area (Å²) in [4.78, 5) is 19.9. The lowest BCUT2D eigenvalue weighted by Crippen LogP contribution is -2.02. The second-order valence-electron chi connectivity index (χ2n) is 6.18. The van der Waals surface area contributed by atoms with Gasteiger partial charge >= 0.3 is 5.97 Å². The first-order chi connectivity index (χ1) is 13.0. The first-order valence-corrected chi connectivity index (χ1v) is 9.23. The Kier molecular flexibility index (Phi) is 5.81. The molecule has 2 heterocycles. The van der Waals surface area contributed by atoms with E-state index in [2.05, 4.69) is 45.0 Å². The highest BCUT2D eigenvalue weighted by atomic mass is 79.9. The van der Waals surface area contributed by atoms with Gasteiger partial charge in [-0.2, -0.15) is 0 Å². The molecule has 0 aliphatic rings. The molecule has 0 aliphatic carbocycles. The number of methoxy groups -OCH3 is 1. The van der Waals surface area contributed by atoms with Gasteiger partial charge in [0.15, 0.2) is 0 Å². The molecule has 4 rings (SSSR count). The number of hydrogen-bond acceptors (Lipinski definition) is 4. The number of ether oxygens (including phenoxy) is 1. The summed E-state index contributed by atoms with van der Waals surface area (Å²) >= 11 is 3.49. The van der Waals surface area contributed by atoms with Crippen molar-refractivity contribution in [2.45, 2.75) is 13.8 Å². The van der Waals surface area contributed by atoms with Crippen molar-refractivity contribution in [1.82, 2.24) is 9.97 Å². The Bertz CT molecular complexity index is 1130. The molecule has 4 aromatic rings. The van der Waals surface area contributed by atoms with Gasteiger partial charge in [0, 0.05) is 27.6 Å². The Morgan fingerprint density at radius 1 is 0.852 bits per heavy atom. The van der Waals surface area contributed by atoms with Crippen molar-refractivity contribution in [3.05, 3.63) is 82.1 Å². The largest absolute Gasteiger partial charge is 0.465 e. The third-order valence-electron chi connectivity index (χ3n) is 4.15. The quantitative estimate of drug-likeness (QED) is 0.372. The number of hydrogen-bond donors (Lipinski definition) is 0. The van der Waals surface area contributed by atoms with Crippen LogP contribution in [0.15, 0.2) is 65.4 Å². The first-order valence-electron chi connectivity index (χ1n) is 8.44. The lowest BCUT2D eigenvalue weighted by Gasteiger charge is -2.04. The van der Waals surface area contributed by atoms with Crippen LogP contribution in [0.1, 0.15) is 21.5 Å². The summed E-state index contributed by atoms with van der Waals surface area (Å²) in [5, 5.41) is 2.02. The van der Waals surface area contributed by atoms with Crippen molar-refractivity contribution < 1.29 is 9.53 Å². The van der Waals surface area contributed by atoms with E-state index in [1.165, 1.54) is 18.1 Å². The molecule has 0 unspecified atom stereocenters. The number of aromatic nitrogens is 2. The maximum Gasteiger partial charge on any atom is 0.338 e. The minimum absolute atomic E-state index is 0.326. The van der Waals surface area contributed by atoms with Crippen molar-refractivity contribution in [1.29, 1.82) is 0 Å².